The molecule has 0 aliphatic rings. The Hall–Kier alpha value is -2.67. The van der Waals surface area contributed by atoms with Crippen LogP contribution in [0.3, 0.4) is 0 Å². The Kier molecular flexibility index (Phi) is 5.68. The molecule has 3 rings (SSSR count). The molecule has 3 aromatic rings. The first kappa shape index (κ1) is 18.1. The van der Waals surface area contributed by atoms with E-state index in [1.165, 1.54) is 0 Å². The Morgan fingerprint density at radius 1 is 1.04 bits per heavy atom. The normalized spacial score (nSPS) is 10.7. The quantitative estimate of drug-likeness (QED) is 0.630. The van der Waals surface area contributed by atoms with E-state index in [9.17, 15) is 9.59 Å². The number of nitrogens with zero attached hydrogens (tertiary/aromatic N) is 2. The van der Waals surface area contributed by atoms with Gasteiger partial charge >= 0.3 is 0 Å². The number of amides is 2. The molecule has 2 amide bonds. The summed E-state index contributed by atoms with van der Waals surface area (Å²) < 4.78 is 2.82. The number of fused-ring (bicyclic) bond motifs is 1. The second-order valence-corrected chi connectivity index (χ2v) is 6.77. The molecule has 0 bridgehead atoms. The molecule has 0 saturated carbocycles. The molecule has 0 aliphatic heterocycles. The van der Waals surface area contributed by atoms with Crippen LogP contribution in [0.25, 0.3) is 11.0 Å². The van der Waals surface area contributed by atoms with Crippen LogP contribution in [0.1, 0.15) is 18.3 Å². The summed E-state index contributed by atoms with van der Waals surface area (Å²) in [4.78, 5) is 28.8. The van der Waals surface area contributed by atoms with Crippen molar-refractivity contribution >= 4 is 38.8 Å². The average molecular weight is 415 g/mol. The van der Waals surface area contributed by atoms with Crippen LogP contribution in [0.15, 0.2) is 53.0 Å². The number of para-hydroxylation sites is 2. The third-order valence-corrected chi connectivity index (χ3v) is 4.50. The Balaban J connectivity index is 1.59. The summed E-state index contributed by atoms with van der Waals surface area (Å²) in [5, 5.41) is 0. The summed E-state index contributed by atoms with van der Waals surface area (Å²) in [6.45, 7) is 2.10. The molecule has 26 heavy (non-hydrogen) atoms. The Morgan fingerprint density at radius 3 is 2.46 bits per heavy atom. The van der Waals surface area contributed by atoms with Gasteiger partial charge in [0.2, 0.25) is 5.91 Å². The Bertz CT molecular complexity index is 934. The molecule has 1 heterocycles. The van der Waals surface area contributed by atoms with Crippen LogP contribution < -0.4 is 10.9 Å². The highest BCUT2D eigenvalue weighted by Gasteiger charge is 2.13. The van der Waals surface area contributed by atoms with Crippen LogP contribution in [0, 0.1) is 0 Å². The van der Waals surface area contributed by atoms with Crippen molar-refractivity contribution in [2.24, 2.45) is 0 Å². The number of hydrazine groups is 1. The van der Waals surface area contributed by atoms with Crippen molar-refractivity contribution in [3.63, 3.8) is 0 Å². The molecule has 7 heteroatoms. The van der Waals surface area contributed by atoms with Gasteiger partial charge in [-0.2, -0.15) is 0 Å². The van der Waals surface area contributed by atoms with Gasteiger partial charge in [-0.3, -0.25) is 20.4 Å². The van der Waals surface area contributed by atoms with Gasteiger partial charge in [-0.15, -0.1) is 0 Å². The van der Waals surface area contributed by atoms with Crippen LogP contribution in [0.5, 0.6) is 0 Å². The molecular weight excluding hydrogens is 396 g/mol. The van der Waals surface area contributed by atoms with Gasteiger partial charge in [0.05, 0.1) is 17.5 Å². The predicted molar refractivity (Wildman–Crippen MR) is 103 cm³/mol. The van der Waals surface area contributed by atoms with E-state index in [2.05, 4.69) is 31.8 Å². The lowest BCUT2D eigenvalue weighted by Gasteiger charge is -2.10. The molecule has 0 fully saturated rings. The van der Waals surface area contributed by atoms with Gasteiger partial charge in [0, 0.05) is 10.9 Å². The maximum atomic E-state index is 12.2. The summed E-state index contributed by atoms with van der Waals surface area (Å²) in [5.74, 6) is 0.265. The van der Waals surface area contributed by atoms with E-state index < -0.39 is 0 Å². The van der Waals surface area contributed by atoms with E-state index in [1.807, 2.05) is 60.0 Å². The summed E-state index contributed by atoms with van der Waals surface area (Å²) in [5.41, 5.74) is 7.56. The fraction of sp³-hybridized carbons (Fsp3) is 0.211. The number of imidazole rings is 1. The third-order valence-electron chi connectivity index (χ3n) is 3.97. The summed E-state index contributed by atoms with van der Waals surface area (Å²) >= 11 is 3.35. The van der Waals surface area contributed by atoms with Gasteiger partial charge in [0.1, 0.15) is 12.4 Å². The van der Waals surface area contributed by atoms with Crippen molar-refractivity contribution in [1.82, 2.24) is 20.4 Å². The van der Waals surface area contributed by atoms with Crippen LogP contribution in [-0.2, 0) is 29.0 Å². The minimum absolute atomic E-state index is 0.0995. The smallest absolute Gasteiger partial charge is 0.258 e. The largest absolute Gasteiger partial charge is 0.318 e. The lowest BCUT2D eigenvalue weighted by atomic mass is 10.1. The zero-order valence-corrected chi connectivity index (χ0v) is 15.9. The predicted octanol–water partition coefficient (Wildman–Crippen LogP) is 2.75. The number of halogens is 1. The zero-order valence-electron chi connectivity index (χ0n) is 14.3. The molecule has 2 aromatic carbocycles. The maximum Gasteiger partial charge on any atom is 0.258 e. The molecule has 6 nitrogen and oxygen atoms in total. The topological polar surface area (TPSA) is 76.0 Å². The summed E-state index contributed by atoms with van der Waals surface area (Å²) in [7, 11) is 0. The summed E-state index contributed by atoms with van der Waals surface area (Å²) in [6, 6.07) is 15.1. The number of hydrogen-bond donors (Lipinski definition) is 2. The molecule has 0 aliphatic carbocycles. The molecule has 0 saturated heterocycles. The standard InChI is InChI=1S/C19H19BrN4O2/c1-2-17-21-15-5-3-4-6-16(15)24(17)12-19(26)23-22-18(25)11-13-7-9-14(20)10-8-13/h3-10H,2,11-12H2,1H3,(H,22,25)(H,23,26). The highest BCUT2D eigenvalue weighted by molar-refractivity contribution is 9.10. The van der Waals surface area contributed by atoms with Gasteiger partial charge < -0.3 is 4.57 Å². The van der Waals surface area contributed by atoms with Crippen LogP contribution in [-0.4, -0.2) is 21.4 Å². The second-order valence-electron chi connectivity index (χ2n) is 5.86. The fourth-order valence-electron chi connectivity index (χ4n) is 2.73. The maximum absolute atomic E-state index is 12.2. The van der Waals surface area contributed by atoms with Crippen molar-refractivity contribution < 1.29 is 9.59 Å². The highest BCUT2D eigenvalue weighted by atomic mass is 79.9. The number of benzene rings is 2. The molecule has 0 unspecified atom stereocenters. The van der Waals surface area contributed by atoms with Crippen LogP contribution in [0.2, 0.25) is 0 Å². The molecule has 0 radical (unpaired) electrons. The van der Waals surface area contributed by atoms with Crippen molar-refractivity contribution in [3.8, 4) is 0 Å². The number of carbonyl (C=O) groups is 2. The minimum Gasteiger partial charge on any atom is -0.318 e. The lowest BCUT2D eigenvalue weighted by molar-refractivity contribution is -0.128. The van der Waals surface area contributed by atoms with Gasteiger partial charge in [-0.05, 0) is 29.8 Å². The molecule has 1 aromatic heterocycles. The van der Waals surface area contributed by atoms with E-state index in [0.717, 1.165) is 33.3 Å². The van der Waals surface area contributed by atoms with Crippen molar-refractivity contribution in [2.45, 2.75) is 26.3 Å². The Labute approximate surface area is 159 Å². The van der Waals surface area contributed by atoms with Gasteiger partial charge in [0.15, 0.2) is 0 Å². The molecule has 2 N–H and O–H groups in total. The number of hydrogen-bond acceptors (Lipinski definition) is 3. The average Bonchev–Trinajstić information content (AvgIpc) is 3.00. The van der Waals surface area contributed by atoms with E-state index in [0.29, 0.717) is 0 Å². The first-order chi connectivity index (χ1) is 12.6. The third kappa shape index (κ3) is 4.29. The highest BCUT2D eigenvalue weighted by Crippen LogP contribution is 2.16. The number of carbonyl (C=O) groups excluding carboxylic acids is 2. The minimum atomic E-state index is -0.299. The van der Waals surface area contributed by atoms with Crippen LogP contribution >= 0.6 is 15.9 Å². The lowest BCUT2D eigenvalue weighted by Crippen LogP contribution is -2.43. The first-order valence-corrected chi connectivity index (χ1v) is 9.12. The van der Waals surface area contributed by atoms with Crippen molar-refractivity contribution in [3.05, 3.63) is 64.4 Å². The van der Waals surface area contributed by atoms with E-state index in [1.54, 1.807) is 0 Å². The van der Waals surface area contributed by atoms with Gasteiger partial charge in [0.25, 0.3) is 5.91 Å². The van der Waals surface area contributed by atoms with Crippen molar-refractivity contribution in [1.29, 1.82) is 0 Å². The van der Waals surface area contributed by atoms with Gasteiger partial charge in [-0.1, -0.05) is 47.1 Å². The molecule has 0 spiro atoms. The zero-order chi connectivity index (χ0) is 18.5. The molecule has 134 valence electrons. The number of rotatable bonds is 5. The van der Waals surface area contributed by atoms with E-state index in [-0.39, 0.29) is 24.8 Å². The molecular formula is C19H19BrN4O2. The SMILES string of the molecule is CCc1nc2ccccc2n1CC(=O)NNC(=O)Cc1ccc(Br)cc1. The summed E-state index contributed by atoms with van der Waals surface area (Å²) in [6.07, 6.45) is 0.916. The first-order valence-electron chi connectivity index (χ1n) is 8.33. The number of aryl methyl sites for hydroxylation is 1. The second kappa shape index (κ2) is 8.14. The van der Waals surface area contributed by atoms with Crippen molar-refractivity contribution in [2.75, 3.05) is 0 Å². The molecule has 0 atom stereocenters. The van der Waals surface area contributed by atoms with E-state index in [4.69, 9.17) is 0 Å². The van der Waals surface area contributed by atoms with Gasteiger partial charge in [-0.25, -0.2) is 4.98 Å². The number of aromatic nitrogens is 2. The number of nitrogens with one attached hydrogen (secondary N) is 2. The Morgan fingerprint density at radius 2 is 1.73 bits per heavy atom. The fourth-order valence-corrected chi connectivity index (χ4v) is 2.99. The monoisotopic (exact) mass is 414 g/mol. The van der Waals surface area contributed by atoms with E-state index >= 15 is 0 Å². The van der Waals surface area contributed by atoms with Crippen LogP contribution in [0.4, 0.5) is 0 Å².